The minimum Gasteiger partial charge on any atom is -0.496 e. The van der Waals surface area contributed by atoms with E-state index in [4.69, 9.17) is 9.47 Å². The molecule has 0 aliphatic carbocycles. The van der Waals surface area contributed by atoms with Crippen LogP contribution in [-0.2, 0) is 22.6 Å². The van der Waals surface area contributed by atoms with E-state index in [9.17, 15) is 9.59 Å². The van der Waals surface area contributed by atoms with E-state index in [0.717, 1.165) is 5.56 Å². The lowest BCUT2D eigenvalue weighted by atomic mass is 10.1. The van der Waals surface area contributed by atoms with Gasteiger partial charge in [-0.05, 0) is 17.7 Å². The Hall–Kier alpha value is -4.14. The zero-order valence-electron chi connectivity index (χ0n) is 16.9. The van der Waals surface area contributed by atoms with Crippen LogP contribution in [0.5, 0.6) is 5.75 Å². The Balaban J connectivity index is 1.61. The summed E-state index contributed by atoms with van der Waals surface area (Å²) in [5, 5.41) is 6.56. The molecule has 2 aromatic carbocycles. The number of ether oxygens (including phenoxy) is 2. The van der Waals surface area contributed by atoms with Crippen molar-refractivity contribution >= 4 is 18.2 Å². The van der Waals surface area contributed by atoms with Gasteiger partial charge < -0.3 is 19.8 Å². The van der Waals surface area contributed by atoms with Crippen molar-refractivity contribution in [2.45, 2.75) is 19.1 Å². The number of aromatic nitrogens is 2. The number of rotatable bonds is 9. The number of hydrogen-bond donors (Lipinski definition) is 3. The monoisotopic (exact) mass is 421 g/mol. The van der Waals surface area contributed by atoms with Gasteiger partial charge in [-0.1, -0.05) is 42.5 Å². The highest BCUT2D eigenvalue weighted by Gasteiger charge is 2.22. The van der Waals surface area contributed by atoms with Gasteiger partial charge in [-0.25, -0.2) is 15.2 Å². The van der Waals surface area contributed by atoms with E-state index in [2.05, 4.69) is 25.8 Å². The van der Waals surface area contributed by atoms with Gasteiger partial charge in [-0.15, -0.1) is 0 Å². The molecule has 0 aliphatic rings. The second kappa shape index (κ2) is 11.1. The number of nitrogens with one attached hydrogen (secondary N) is 3. The Morgan fingerprint density at radius 1 is 1.16 bits per heavy atom. The molecule has 3 N–H and O–H groups in total. The molecule has 3 rings (SSSR count). The molecule has 3 aromatic rings. The van der Waals surface area contributed by atoms with E-state index in [1.165, 1.54) is 12.5 Å². The van der Waals surface area contributed by atoms with E-state index in [1.807, 2.05) is 42.5 Å². The Morgan fingerprint density at radius 3 is 2.68 bits per heavy atom. The van der Waals surface area contributed by atoms with Gasteiger partial charge in [0.05, 0.1) is 19.7 Å². The number of methoxy groups -OCH3 is 1. The lowest BCUT2D eigenvalue weighted by Gasteiger charge is -2.16. The minimum atomic E-state index is -0.918. The van der Waals surface area contributed by atoms with Crippen LogP contribution in [0, 0.1) is 0 Å². The highest BCUT2D eigenvalue weighted by molar-refractivity contribution is 5.88. The van der Waals surface area contributed by atoms with E-state index < -0.39 is 18.0 Å². The number of alkyl carbamates (subject to hydrolysis) is 1. The normalized spacial score (nSPS) is 11.6. The molecule has 0 radical (unpaired) electrons. The molecule has 1 aromatic heterocycles. The highest BCUT2D eigenvalue weighted by Crippen LogP contribution is 2.14. The van der Waals surface area contributed by atoms with Gasteiger partial charge in [0, 0.05) is 23.9 Å². The standard InChI is InChI=1S/C22H23N5O4/c1-30-20-10-6-5-9-17(20)12-25-27-21(28)19(11-18-13-23-15-24-18)26-22(29)31-14-16-7-3-2-4-8-16/h2-10,12-13,15,19H,11,14H2,1H3,(H,23,24)(H,26,29)(H,27,28)/b25-12-/t19-/m1/s1. The highest BCUT2D eigenvalue weighted by atomic mass is 16.5. The van der Waals surface area contributed by atoms with Crippen LogP contribution in [0.3, 0.4) is 0 Å². The third-order valence-electron chi connectivity index (χ3n) is 4.32. The number of aromatic amines is 1. The third kappa shape index (κ3) is 6.70. The Kier molecular flexibility index (Phi) is 7.76. The molecule has 0 unspecified atom stereocenters. The molecule has 31 heavy (non-hydrogen) atoms. The quantitative estimate of drug-likeness (QED) is 0.362. The largest absolute Gasteiger partial charge is 0.496 e. The first kappa shape index (κ1) is 21.6. The zero-order valence-corrected chi connectivity index (χ0v) is 16.9. The second-order valence-electron chi connectivity index (χ2n) is 6.52. The van der Waals surface area contributed by atoms with Crippen molar-refractivity contribution < 1.29 is 19.1 Å². The van der Waals surface area contributed by atoms with Crippen LogP contribution in [0.4, 0.5) is 4.79 Å². The van der Waals surface area contributed by atoms with Gasteiger partial charge >= 0.3 is 6.09 Å². The topological polar surface area (TPSA) is 118 Å². The summed E-state index contributed by atoms with van der Waals surface area (Å²) in [5.74, 6) is 0.120. The lowest BCUT2D eigenvalue weighted by molar-refractivity contribution is -0.123. The van der Waals surface area contributed by atoms with Gasteiger partial charge in [0.2, 0.25) is 0 Å². The summed E-state index contributed by atoms with van der Waals surface area (Å²) in [5.41, 5.74) is 4.66. The summed E-state index contributed by atoms with van der Waals surface area (Å²) in [7, 11) is 1.55. The second-order valence-corrected chi connectivity index (χ2v) is 6.52. The average Bonchev–Trinajstić information content (AvgIpc) is 3.31. The van der Waals surface area contributed by atoms with Crippen molar-refractivity contribution in [1.82, 2.24) is 20.7 Å². The molecule has 1 heterocycles. The maximum atomic E-state index is 12.7. The smallest absolute Gasteiger partial charge is 0.408 e. The molecule has 160 valence electrons. The number of hydrazone groups is 1. The first-order valence-electron chi connectivity index (χ1n) is 9.56. The van der Waals surface area contributed by atoms with Crippen LogP contribution < -0.4 is 15.5 Å². The van der Waals surface area contributed by atoms with Crippen molar-refractivity contribution in [3.05, 3.63) is 83.9 Å². The predicted molar refractivity (Wildman–Crippen MR) is 115 cm³/mol. The molecule has 1 atom stereocenters. The summed E-state index contributed by atoms with van der Waals surface area (Å²) < 4.78 is 10.5. The number of amides is 2. The first-order valence-corrected chi connectivity index (χ1v) is 9.56. The molecule has 0 spiro atoms. The van der Waals surface area contributed by atoms with Crippen LogP contribution in [0.15, 0.2) is 72.2 Å². The molecule has 0 saturated heterocycles. The summed E-state index contributed by atoms with van der Waals surface area (Å²) in [6.45, 7) is 0.0943. The van der Waals surface area contributed by atoms with Crippen LogP contribution in [0.25, 0.3) is 0 Å². The van der Waals surface area contributed by atoms with Crippen molar-refractivity contribution in [1.29, 1.82) is 0 Å². The summed E-state index contributed by atoms with van der Waals surface area (Å²) in [4.78, 5) is 31.8. The van der Waals surface area contributed by atoms with Crippen molar-refractivity contribution in [3.8, 4) is 5.75 Å². The maximum Gasteiger partial charge on any atom is 0.408 e. The fraction of sp³-hybridized carbons (Fsp3) is 0.182. The van der Waals surface area contributed by atoms with E-state index in [1.54, 1.807) is 25.4 Å². The number of nitrogens with zero attached hydrogens (tertiary/aromatic N) is 2. The number of benzene rings is 2. The summed E-state index contributed by atoms with van der Waals surface area (Å²) >= 11 is 0. The first-order chi connectivity index (χ1) is 15.2. The van der Waals surface area contributed by atoms with E-state index in [-0.39, 0.29) is 13.0 Å². The van der Waals surface area contributed by atoms with Gasteiger partial charge in [0.15, 0.2) is 0 Å². The number of imidazole rings is 1. The summed E-state index contributed by atoms with van der Waals surface area (Å²) in [6.07, 6.45) is 4.03. The fourth-order valence-corrected chi connectivity index (χ4v) is 2.75. The minimum absolute atomic E-state index is 0.0943. The van der Waals surface area contributed by atoms with E-state index in [0.29, 0.717) is 17.0 Å². The number of para-hydroxylation sites is 1. The van der Waals surface area contributed by atoms with Crippen molar-refractivity contribution in [2.24, 2.45) is 5.10 Å². The molecule has 2 amide bonds. The summed E-state index contributed by atoms with van der Waals surface area (Å²) in [6, 6.07) is 15.6. The van der Waals surface area contributed by atoms with Gasteiger partial charge in [0.1, 0.15) is 18.4 Å². The molecule has 0 fully saturated rings. The van der Waals surface area contributed by atoms with Gasteiger partial charge in [0.25, 0.3) is 5.91 Å². The van der Waals surface area contributed by atoms with Crippen LogP contribution in [-0.4, -0.2) is 41.3 Å². The molecular weight excluding hydrogens is 398 g/mol. The Morgan fingerprint density at radius 2 is 1.94 bits per heavy atom. The molecular formula is C22H23N5O4. The predicted octanol–water partition coefficient (Wildman–Crippen LogP) is 2.41. The van der Waals surface area contributed by atoms with Gasteiger partial charge in [-0.3, -0.25) is 4.79 Å². The van der Waals surface area contributed by atoms with Crippen molar-refractivity contribution in [2.75, 3.05) is 7.11 Å². The fourth-order valence-electron chi connectivity index (χ4n) is 2.75. The van der Waals surface area contributed by atoms with Crippen molar-refractivity contribution in [3.63, 3.8) is 0 Å². The number of H-pyrrole nitrogens is 1. The number of hydrogen-bond acceptors (Lipinski definition) is 6. The average molecular weight is 421 g/mol. The molecule has 9 nitrogen and oxygen atoms in total. The van der Waals surface area contributed by atoms with Crippen LogP contribution in [0.2, 0.25) is 0 Å². The Labute approximate surface area is 179 Å². The van der Waals surface area contributed by atoms with Gasteiger partial charge in [-0.2, -0.15) is 5.10 Å². The van der Waals surface area contributed by atoms with E-state index >= 15 is 0 Å². The maximum absolute atomic E-state index is 12.7. The van der Waals surface area contributed by atoms with Crippen LogP contribution >= 0.6 is 0 Å². The molecule has 0 bridgehead atoms. The molecule has 9 heteroatoms. The molecule has 0 saturated carbocycles. The lowest BCUT2D eigenvalue weighted by Crippen LogP contribution is -2.47. The van der Waals surface area contributed by atoms with Crippen LogP contribution in [0.1, 0.15) is 16.8 Å². The zero-order chi connectivity index (χ0) is 21.9. The SMILES string of the molecule is COc1ccccc1/C=N\NC(=O)[C@@H](Cc1cnc[nH]1)NC(=O)OCc1ccccc1. The number of carbonyl (C=O) groups is 2. The number of carbonyl (C=O) groups excluding carboxylic acids is 2. The molecule has 0 aliphatic heterocycles. The third-order valence-corrected chi connectivity index (χ3v) is 4.32. The Bertz CT molecular complexity index is 1010.